The van der Waals surface area contributed by atoms with Crippen LogP contribution < -0.4 is 16.2 Å². The number of amides is 5. The van der Waals surface area contributed by atoms with E-state index in [-0.39, 0.29) is 5.82 Å². The first kappa shape index (κ1) is 21.5. The Kier molecular flexibility index (Phi) is 5.45. The standard InChI is InChI=1S/C22H24FN5O4/c1-13-11-17(14(2)28(13)16-7-5-15(23)6-8-16)19(30)26-25-18(29)12-27-20(31)22(24-21(27)32)9-3-4-10-22/h5-8,11H,3-4,9-10,12H2,1-2H3,(H,24,32)(H,25,29)(H,26,30). The van der Waals surface area contributed by atoms with Crippen molar-refractivity contribution in [2.45, 2.75) is 45.1 Å². The number of aromatic nitrogens is 1. The summed E-state index contributed by atoms with van der Waals surface area (Å²) in [6, 6.07) is 6.93. The maximum Gasteiger partial charge on any atom is 0.325 e. The molecule has 3 N–H and O–H groups in total. The van der Waals surface area contributed by atoms with Crippen molar-refractivity contribution in [2.24, 2.45) is 0 Å². The van der Waals surface area contributed by atoms with Crippen molar-refractivity contribution in [3.63, 3.8) is 0 Å². The van der Waals surface area contributed by atoms with Crippen LogP contribution >= 0.6 is 0 Å². The minimum Gasteiger partial charge on any atom is -0.323 e. The van der Waals surface area contributed by atoms with Gasteiger partial charge in [0.2, 0.25) is 0 Å². The molecule has 1 saturated carbocycles. The number of benzene rings is 1. The summed E-state index contributed by atoms with van der Waals surface area (Å²) in [6.45, 7) is 3.06. The molecule has 0 unspecified atom stereocenters. The van der Waals surface area contributed by atoms with Crippen molar-refractivity contribution < 1.29 is 23.6 Å². The van der Waals surface area contributed by atoms with Crippen molar-refractivity contribution in [1.82, 2.24) is 25.6 Å². The van der Waals surface area contributed by atoms with Gasteiger partial charge in [-0.1, -0.05) is 12.8 Å². The fraction of sp³-hybridized carbons (Fsp3) is 0.364. The maximum absolute atomic E-state index is 13.2. The van der Waals surface area contributed by atoms with Crippen LogP contribution in [-0.4, -0.2) is 45.3 Å². The van der Waals surface area contributed by atoms with E-state index in [1.54, 1.807) is 29.7 Å². The lowest BCUT2D eigenvalue weighted by molar-refractivity contribution is -0.135. The zero-order valence-corrected chi connectivity index (χ0v) is 17.8. The third-order valence-electron chi connectivity index (χ3n) is 6.08. The summed E-state index contributed by atoms with van der Waals surface area (Å²) in [5.41, 5.74) is 6.08. The molecular formula is C22H24FN5O4. The minimum absolute atomic E-state index is 0.326. The van der Waals surface area contributed by atoms with Gasteiger partial charge in [0, 0.05) is 17.1 Å². The van der Waals surface area contributed by atoms with Crippen LogP contribution in [-0.2, 0) is 9.59 Å². The monoisotopic (exact) mass is 441 g/mol. The molecule has 2 heterocycles. The largest absolute Gasteiger partial charge is 0.325 e. The van der Waals surface area contributed by atoms with E-state index in [2.05, 4.69) is 16.2 Å². The first-order chi connectivity index (χ1) is 15.2. The molecule has 0 bridgehead atoms. The average Bonchev–Trinajstić information content (AvgIpc) is 3.41. The summed E-state index contributed by atoms with van der Waals surface area (Å²) < 4.78 is 15.0. The summed E-state index contributed by atoms with van der Waals surface area (Å²) in [6.07, 6.45) is 2.82. The van der Waals surface area contributed by atoms with Gasteiger partial charge in [0.1, 0.15) is 17.9 Å². The summed E-state index contributed by atoms with van der Waals surface area (Å²) in [5, 5.41) is 2.70. The molecule has 10 heteroatoms. The summed E-state index contributed by atoms with van der Waals surface area (Å²) in [5.74, 6) is -2.00. The molecule has 2 aliphatic rings. The fourth-order valence-electron chi connectivity index (χ4n) is 4.49. The second kappa shape index (κ2) is 8.10. The van der Waals surface area contributed by atoms with Gasteiger partial charge in [0.25, 0.3) is 17.7 Å². The van der Waals surface area contributed by atoms with Gasteiger partial charge in [-0.3, -0.25) is 30.1 Å². The third-order valence-corrected chi connectivity index (χ3v) is 6.08. The molecule has 4 rings (SSSR count). The van der Waals surface area contributed by atoms with Crippen LogP contribution in [0.1, 0.15) is 47.4 Å². The Morgan fingerprint density at radius 1 is 1.09 bits per heavy atom. The second-order valence-corrected chi connectivity index (χ2v) is 8.21. The maximum atomic E-state index is 13.2. The highest BCUT2D eigenvalue weighted by Gasteiger charge is 2.52. The topological polar surface area (TPSA) is 113 Å². The third kappa shape index (κ3) is 3.72. The van der Waals surface area contributed by atoms with Crippen LogP contribution in [0, 0.1) is 19.7 Å². The SMILES string of the molecule is Cc1cc(C(=O)NNC(=O)CN2C(=O)NC3(CCCC3)C2=O)c(C)n1-c1ccc(F)cc1. The van der Waals surface area contributed by atoms with Gasteiger partial charge in [-0.2, -0.15) is 0 Å². The first-order valence-corrected chi connectivity index (χ1v) is 10.4. The predicted molar refractivity (Wildman–Crippen MR) is 112 cm³/mol. The molecule has 1 aromatic heterocycles. The Balaban J connectivity index is 1.39. The van der Waals surface area contributed by atoms with Crippen LogP contribution in [0.2, 0.25) is 0 Å². The number of hydrazine groups is 1. The normalized spacial score (nSPS) is 17.0. The summed E-state index contributed by atoms with van der Waals surface area (Å²) >= 11 is 0. The molecule has 1 spiro atoms. The van der Waals surface area contributed by atoms with E-state index in [9.17, 15) is 23.6 Å². The number of imide groups is 1. The van der Waals surface area contributed by atoms with Crippen molar-refractivity contribution in [3.8, 4) is 5.69 Å². The summed E-state index contributed by atoms with van der Waals surface area (Å²) in [4.78, 5) is 50.6. The molecule has 1 aliphatic heterocycles. The van der Waals surface area contributed by atoms with E-state index in [0.717, 1.165) is 23.4 Å². The van der Waals surface area contributed by atoms with Gasteiger partial charge in [-0.25, -0.2) is 9.18 Å². The smallest absolute Gasteiger partial charge is 0.323 e. The van der Waals surface area contributed by atoms with E-state index in [1.807, 2.05) is 6.92 Å². The van der Waals surface area contributed by atoms with Gasteiger partial charge < -0.3 is 9.88 Å². The molecule has 168 valence electrons. The van der Waals surface area contributed by atoms with Crippen LogP contribution in [0.3, 0.4) is 0 Å². The van der Waals surface area contributed by atoms with Gasteiger partial charge >= 0.3 is 6.03 Å². The van der Waals surface area contributed by atoms with E-state index in [1.165, 1.54) is 12.1 Å². The number of carbonyl (C=O) groups is 4. The van der Waals surface area contributed by atoms with Crippen LogP contribution in [0.5, 0.6) is 0 Å². The second-order valence-electron chi connectivity index (χ2n) is 8.21. The number of nitrogens with zero attached hydrogens (tertiary/aromatic N) is 2. The zero-order chi connectivity index (χ0) is 23.0. The number of nitrogens with one attached hydrogen (secondary N) is 3. The Morgan fingerprint density at radius 2 is 1.75 bits per heavy atom. The Morgan fingerprint density at radius 3 is 2.41 bits per heavy atom. The number of halogens is 1. The van der Waals surface area contributed by atoms with Crippen molar-refractivity contribution in [2.75, 3.05) is 6.54 Å². The van der Waals surface area contributed by atoms with Gasteiger partial charge in [-0.05, 0) is 57.0 Å². The Hall–Kier alpha value is -3.69. The highest BCUT2D eigenvalue weighted by atomic mass is 19.1. The minimum atomic E-state index is -0.890. The Labute approximate surface area is 183 Å². The number of carbonyl (C=O) groups excluding carboxylic acids is 4. The molecule has 5 amide bonds. The molecule has 2 aromatic rings. The van der Waals surface area contributed by atoms with Crippen LogP contribution in [0.4, 0.5) is 9.18 Å². The molecule has 2 fully saturated rings. The number of hydrogen-bond donors (Lipinski definition) is 3. The van der Waals surface area contributed by atoms with Crippen LogP contribution in [0.15, 0.2) is 30.3 Å². The fourth-order valence-corrected chi connectivity index (χ4v) is 4.49. The average molecular weight is 441 g/mol. The molecule has 9 nitrogen and oxygen atoms in total. The van der Waals surface area contributed by atoms with Crippen molar-refractivity contribution in [1.29, 1.82) is 0 Å². The number of rotatable bonds is 4. The zero-order valence-electron chi connectivity index (χ0n) is 17.8. The van der Waals surface area contributed by atoms with Gasteiger partial charge in [0.05, 0.1) is 5.56 Å². The lowest BCUT2D eigenvalue weighted by atomic mass is 9.98. The first-order valence-electron chi connectivity index (χ1n) is 10.4. The molecule has 0 atom stereocenters. The lowest BCUT2D eigenvalue weighted by Crippen LogP contribution is -2.49. The van der Waals surface area contributed by atoms with E-state index < -0.39 is 35.8 Å². The highest BCUT2D eigenvalue weighted by Crippen LogP contribution is 2.34. The van der Waals surface area contributed by atoms with E-state index in [4.69, 9.17) is 0 Å². The van der Waals surface area contributed by atoms with Crippen molar-refractivity contribution >= 4 is 23.8 Å². The molecule has 32 heavy (non-hydrogen) atoms. The van der Waals surface area contributed by atoms with Crippen molar-refractivity contribution in [3.05, 3.63) is 53.1 Å². The summed E-state index contributed by atoms with van der Waals surface area (Å²) in [7, 11) is 0. The number of urea groups is 1. The van der Waals surface area contributed by atoms with Gasteiger partial charge in [0.15, 0.2) is 0 Å². The molecule has 0 radical (unpaired) electrons. The quantitative estimate of drug-likeness (QED) is 0.497. The van der Waals surface area contributed by atoms with E-state index >= 15 is 0 Å². The molecular weight excluding hydrogens is 417 g/mol. The van der Waals surface area contributed by atoms with E-state index in [0.29, 0.717) is 29.8 Å². The highest BCUT2D eigenvalue weighted by molar-refractivity contribution is 6.09. The van der Waals surface area contributed by atoms with Gasteiger partial charge in [-0.15, -0.1) is 0 Å². The number of aryl methyl sites for hydroxylation is 1. The Bertz CT molecular complexity index is 1100. The predicted octanol–water partition coefficient (Wildman–Crippen LogP) is 1.86. The van der Waals surface area contributed by atoms with Crippen LogP contribution in [0.25, 0.3) is 5.69 Å². The lowest BCUT2D eigenvalue weighted by Gasteiger charge is -2.19. The molecule has 1 aromatic carbocycles. The molecule has 1 saturated heterocycles. The number of hydrogen-bond acceptors (Lipinski definition) is 4. The molecule has 1 aliphatic carbocycles.